The SMILES string of the molecule is Cc1cc(C(c2ccc(C(=O)O)cc2)c2cc(C)c(O)c(C)c2)cc(C)c1O. The highest BCUT2D eigenvalue weighted by atomic mass is 16.4. The van der Waals surface area contributed by atoms with Crippen molar-refractivity contribution in [3.8, 4) is 11.5 Å². The molecule has 0 unspecified atom stereocenters. The van der Waals surface area contributed by atoms with Crippen LogP contribution in [0.25, 0.3) is 0 Å². The maximum absolute atomic E-state index is 11.2. The Balaban J connectivity index is 2.23. The molecular formula is C24H24O4. The van der Waals surface area contributed by atoms with E-state index in [9.17, 15) is 20.1 Å². The highest BCUT2D eigenvalue weighted by Gasteiger charge is 2.21. The van der Waals surface area contributed by atoms with Crippen molar-refractivity contribution in [3.63, 3.8) is 0 Å². The maximum atomic E-state index is 11.2. The van der Waals surface area contributed by atoms with E-state index in [1.807, 2.05) is 64.1 Å². The van der Waals surface area contributed by atoms with E-state index in [1.165, 1.54) is 0 Å². The second-order valence-corrected chi connectivity index (χ2v) is 7.37. The molecule has 0 heterocycles. The second-order valence-electron chi connectivity index (χ2n) is 7.37. The second kappa shape index (κ2) is 7.39. The minimum atomic E-state index is -0.962. The van der Waals surface area contributed by atoms with Crippen molar-refractivity contribution in [3.05, 3.63) is 93.0 Å². The van der Waals surface area contributed by atoms with Crippen LogP contribution in [0, 0.1) is 27.7 Å². The van der Waals surface area contributed by atoms with Crippen LogP contribution < -0.4 is 0 Å². The zero-order valence-corrected chi connectivity index (χ0v) is 16.4. The molecule has 0 aliphatic heterocycles. The number of phenols is 2. The van der Waals surface area contributed by atoms with Gasteiger partial charge in [0.2, 0.25) is 0 Å². The van der Waals surface area contributed by atoms with E-state index in [1.54, 1.807) is 12.1 Å². The summed E-state index contributed by atoms with van der Waals surface area (Å²) in [5.41, 5.74) is 6.32. The summed E-state index contributed by atoms with van der Waals surface area (Å²) in [5.74, 6) is -0.557. The first-order valence-corrected chi connectivity index (χ1v) is 9.12. The number of carboxylic acids is 1. The molecule has 3 rings (SSSR count). The van der Waals surface area contributed by atoms with Gasteiger partial charge < -0.3 is 15.3 Å². The first kappa shape index (κ1) is 19.5. The van der Waals surface area contributed by atoms with Crippen molar-refractivity contribution < 1.29 is 20.1 Å². The Labute approximate surface area is 164 Å². The standard InChI is InChI=1S/C24H24O4/c1-13-9-19(10-14(2)22(13)25)21(17-5-7-18(8-6-17)24(27)28)20-11-15(3)23(26)16(4)12-20/h5-12,21,25-26H,1-4H3,(H,27,28). The van der Waals surface area contributed by atoms with Crippen LogP contribution in [0.3, 0.4) is 0 Å². The topological polar surface area (TPSA) is 77.8 Å². The molecule has 3 N–H and O–H groups in total. The number of carbonyl (C=O) groups is 1. The van der Waals surface area contributed by atoms with E-state index >= 15 is 0 Å². The molecule has 3 aromatic carbocycles. The van der Waals surface area contributed by atoms with Crippen molar-refractivity contribution in [2.75, 3.05) is 0 Å². The summed E-state index contributed by atoms with van der Waals surface area (Å²) in [6, 6.07) is 14.7. The normalized spacial score (nSPS) is 11.0. The lowest BCUT2D eigenvalue weighted by molar-refractivity contribution is 0.0697. The number of rotatable bonds is 4. The number of aromatic hydroxyl groups is 2. The number of aryl methyl sites for hydroxylation is 4. The zero-order valence-electron chi connectivity index (χ0n) is 16.4. The quantitative estimate of drug-likeness (QED) is 0.546. The van der Waals surface area contributed by atoms with Gasteiger partial charge in [0.05, 0.1) is 5.56 Å². The maximum Gasteiger partial charge on any atom is 0.335 e. The Morgan fingerprint density at radius 1 is 0.679 bits per heavy atom. The molecule has 0 saturated heterocycles. The Morgan fingerprint density at radius 2 is 1.04 bits per heavy atom. The highest BCUT2D eigenvalue weighted by molar-refractivity contribution is 5.87. The molecule has 4 heteroatoms. The summed E-state index contributed by atoms with van der Waals surface area (Å²) in [7, 11) is 0. The minimum absolute atomic E-state index is 0.154. The van der Waals surface area contributed by atoms with Crippen molar-refractivity contribution in [1.82, 2.24) is 0 Å². The van der Waals surface area contributed by atoms with Crippen molar-refractivity contribution in [1.29, 1.82) is 0 Å². The summed E-state index contributed by atoms with van der Waals surface area (Å²) in [6.07, 6.45) is 0. The predicted octanol–water partition coefficient (Wildman–Crippen LogP) is 5.21. The molecule has 3 aromatic rings. The van der Waals surface area contributed by atoms with Crippen LogP contribution in [-0.2, 0) is 0 Å². The van der Waals surface area contributed by atoms with Crippen molar-refractivity contribution in [2.45, 2.75) is 33.6 Å². The summed E-state index contributed by atoms with van der Waals surface area (Å²) in [4.78, 5) is 11.2. The molecule has 0 aliphatic carbocycles. The van der Waals surface area contributed by atoms with Crippen LogP contribution in [0.5, 0.6) is 11.5 Å². The van der Waals surface area contributed by atoms with Crippen molar-refractivity contribution in [2.24, 2.45) is 0 Å². The third-order valence-corrected chi connectivity index (χ3v) is 5.18. The van der Waals surface area contributed by atoms with E-state index in [4.69, 9.17) is 0 Å². The monoisotopic (exact) mass is 376 g/mol. The molecule has 0 atom stereocenters. The smallest absolute Gasteiger partial charge is 0.335 e. The number of hydrogen-bond donors (Lipinski definition) is 3. The van der Waals surface area contributed by atoms with Gasteiger partial charge in [-0.2, -0.15) is 0 Å². The molecule has 0 aromatic heterocycles. The molecule has 0 spiro atoms. The fourth-order valence-electron chi connectivity index (χ4n) is 3.71. The largest absolute Gasteiger partial charge is 0.507 e. The summed E-state index contributed by atoms with van der Waals surface area (Å²) < 4.78 is 0. The van der Waals surface area contributed by atoms with Gasteiger partial charge in [-0.05, 0) is 78.8 Å². The number of benzene rings is 3. The van der Waals surface area contributed by atoms with Gasteiger partial charge in [0.15, 0.2) is 0 Å². The lowest BCUT2D eigenvalue weighted by Crippen LogP contribution is -2.06. The minimum Gasteiger partial charge on any atom is -0.507 e. The van der Waals surface area contributed by atoms with E-state index in [0.29, 0.717) is 0 Å². The van der Waals surface area contributed by atoms with Crippen LogP contribution in [0.15, 0.2) is 48.5 Å². The molecule has 0 radical (unpaired) electrons. The third kappa shape index (κ3) is 3.58. The number of aromatic carboxylic acids is 1. The lowest BCUT2D eigenvalue weighted by Gasteiger charge is -2.22. The summed E-state index contributed by atoms with van der Waals surface area (Å²) in [6.45, 7) is 7.46. The first-order valence-electron chi connectivity index (χ1n) is 9.12. The predicted molar refractivity (Wildman–Crippen MR) is 110 cm³/mol. The third-order valence-electron chi connectivity index (χ3n) is 5.18. The van der Waals surface area contributed by atoms with Gasteiger partial charge in [0.25, 0.3) is 0 Å². The van der Waals surface area contributed by atoms with Gasteiger partial charge in [-0.15, -0.1) is 0 Å². The molecule has 0 fully saturated rings. The Hall–Kier alpha value is -3.27. The van der Waals surface area contributed by atoms with Crippen molar-refractivity contribution >= 4 is 5.97 Å². The molecule has 144 valence electrons. The summed E-state index contributed by atoms with van der Waals surface area (Å²) >= 11 is 0. The molecule has 0 bridgehead atoms. The number of hydrogen-bond acceptors (Lipinski definition) is 3. The molecule has 4 nitrogen and oxygen atoms in total. The fourth-order valence-corrected chi connectivity index (χ4v) is 3.71. The zero-order chi connectivity index (χ0) is 20.6. The van der Waals surface area contributed by atoms with Crippen LogP contribution in [0.4, 0.5) is 0 Å². The van der Waals surface area contributed by atoms with Gasteiger partial charge >= 0.3 is 5.97 Å². The van der Waals surface area contributed by atoms with E-state index in [2.05, 4.69) is 0 Å². The Morgan fingerprint density at radius 3 is 1.36 bits per heavy atom. The number of phenolic OH excluding ortho intramolecular Hbond substituents is 2. The van der Waals surface area contributed by atoms with Gasteiger partial charge in [-0.1, -0.05) is 36.4 Å². The van der Waals surface area contributed by atoms with Crippen LogP contribution >= 0.6 is 0 Å². The molecular weight excluding hydrogens is 352 g/mol. The van der Waals surface area contributed by atoms with E-state index in [0.717, 1.165) is 38.9 Å². The van der Waals surface area contributed by atoms with Gasteiger partial charge in [0, 0.05) is 5.92 Å². The average molecular weight is 376 g/mol. The van der Waals surface area contributed by atoms with E-state index in [-0.39, 0.29) is 23.0 Å². The van der Waals surface area contributed by atoms with Crippen LogP contribution in [0.1, 0.15) is 55.2 Å². The fraction of sp³-hybridized carbons (Fsp3) is 0.208. The molecule has 28 heavy (non-hydrogen) atoms. The Bertz CT molecular complexity index is 945. The van der Waals surface area contributed by atoms with Gasteiger partial charge in [0.1, 0.15) is 11.5 Å². The molecule has 0 saturated carbocycles. The van der Waals surface area contributed by atoms with Gasteiger partial charge in [-0.25, -0.2) is 4.79 Å². The van der Waals surface area contributed by atoms with Crippen LogP contribution in [0.2, 0.25) is 0 Å². The Kier molecular flexibility index (Phi) is 5.14. The van der Waals surface area contributed by atoms with Gasteiger partial charge in [-0.3, -0.25) is 0 Å². The number of carboxylic acid groups (broad SMARTS) is 1. The first-order chi connectivity index (χ1) is 13.2. The van der Waals surface area contributed by atoms with E-state index < -0.39 is 5.97 Å². The molecule has 0 amide bonds. The highest BCUT2D eigenvalue weighted by Crippen LogP contribution is 2.38. The lowest BCUT2D eigenvalue weighted by atomic mass is 9.82. The average Bonchev–Trinajstić information content (AvgIpc) is 2.64. The molecule has 0 aliphatic rings. The van der Waals surface area contributed by atoms with Crippen LogP contribution in [-0.4, -0.2) is 21.3 Å². The summed E-state index contributed by atoms with van der Waals surface area (Å²) in [5, 5.41) is 29.6.